The lowest BCUT2D eigenvalue weighted by Crippen LogP contribution is -2.31. The highest BCUT2D eigenvalue weighted by Gasteiger charge is 2.31. The molecule has 1 aromatic heterocycles. The van der Waals surface area contributed by atoms with E-state index in [-0.39, 0.29) is 6.10 Å². The molecule has 0 spiro atoms. The van der Waals surface area contributed by atoms with E-state index < -0.39 is 6.23 Å². The molecule has 0 saturated carbocycles. The number of benzene rings is 1. The molecular formula is C18H22N4O2. The molecule has 0 aliphatic carbocycles. The number of aldehydes is 1. The summed E-state index contributed by atoms with van der Waals surface area (Å²) < 4.78 is 5.61. The van der Waals surface area contributed by atoms with Gasteiger partial charge >= 0.3 is 0 Å². The van der Waals surface area contributed by atoms with Gasteiger partial charge in [0.25, 0.3) is 0 Å². The van der Waals surface area contributed by atoms with E-state index in [1.54, 1.807) is 6.20 Å². The van der Waals surface area contributed by atoms with Crippen LogP contribution >= 0.6 is 0 Å². The van der Waals surface area contributed by atoms with Gasteiger partial charge in [0.05, 0.1) is 6.10 Å². The zero-order valence-electron chi connectivity index (χ0n) is 13.9. The molecule has 0 radical (unpaired) electrons. The van der Waals surface area contributed by atoms with Crippen LogP contribution < -0.4 is 15.5 Å². The molecule has 2 N–H and O–H groups in total. The summed E-state index contributed by atoms with van der Waals surface area (Å²) in [7, 11) is 3.95. The molecule has 2 aromatic rings. The van der Waals surface area contributed by atoms with E-state index in [9.17, 15) is 4.79 Å². The molecule has 3 rings (SSSR count). The number of anilines is 2. The van der Waals surface area contributed by atoms with Gasteiger partial charge in [-0.1, -0.05) is 12.1 Å². The van der Waals surface area contributed by atoms with E-state index in [1.165, 1.54) is 0 Å². The van der Waals surface area contributed by atoms with E-state index in [1.807, 2.05) is 54.2 Å². The highest BCUT2D eigenvalue weighted by atomic mass is 16.5. The average Bonchev–Trinajstić information content (AvgIpc) is 3.05. The van der Waals surface area contributed by atoms with Crippen LogP contribution in [-0.2, 0) is 9.53 Å². The van der Waals surface area contributed by atoms with Crippen LogP contribution in [0.4, 0.5) is 11.5 Å². The van der Waals surface area contributed by atoms with Crippen molar-refractivity contribution in [1.82, 2.24) is 4.98 Å². The molecule has 6 nitrogen and oxygen atoms in total. The monoisotopic (exact) mass is 326 g/mol. The van der Waals surface area contributed by atoms with Gasteiger partial charge in [0.1, 0.15) is 5.82 Å². The first-order valence-electron chi connectivity index (χ1n) is 7.94. The lowest BCUT2D eigenvalue weighted by molar-refractivity contribution is -0.117. The largest absolute Gasteiger partial charge is 0.362 e. The van der Waals surface area contributed by atoms with Crippen LogP contribution in [0.2, 0.25) is 0 Å². The first-order valence-corrected chi connectivity index (χ1v) is 7.94. The van der Waals surface area contributed by atoms with E-state index in [2.05, 4.69) is 11.1 Å². The predicted octanol–water partition coefficient (Wildman–Crippen LogP) is 1.50. The molecule has 2 unspecified atom stereocenters. The number of rotatable bonds is 5. The van der Waals surface area contributed by atoms with Crippen LogP contribution in [0, 0.1) is 0 Å². The zero-order chi connectivity index (χ0) is 17.1. The maximum Gasteiger partial charge on any atom is 0.187 e. The van der Waals surface area contributed by atoms with Crippen molar-refractivity contribution in [1.29, 1.82) is 0 Å². The third kappa shape index (κ3) is 3.11. The summed E-state index contributed by atoms with van der Waals surface area (Å²) in [5.41, 5.74) is 8.75. The number of hydrogen-bond acceptors (Lipinski definition) is 6. The number of aromatic nitrogens is 1. The topological polar surface area (TPSA) is 71.7 Å². The number of carbonyl (C=O) groups is 1. The Morgan fingerprint density at radius 3 is 2.71 bits per heavy atom. The molecule has 1 aliphatic heterocycles. The van der Waals surface area contributed by atoms with Gasteiger partial charge in [-0.3, -0.25) is 4.79 Å². The van der Waals surface area contributed by atoms with E-state index >= 15 is 0 Å². The second-order valence-electron chi connectivity index (χ2n) is 5.99. The normalized spacial score (nSPS) is 20.2. The van der Waals surface area contributed by atoms with Gasteiger partial charge in [0.2, 0.25) is 0 Å². The molecule has 1 fully saturated rings. The number of pyridine rings is 1. The Balaban J connectivity index is 1.88. The van der Waals surface area contributed by atoms with Crippen LogP contribution in [0.15, 0.2) is 42.6 Å². The highest BCUT2D eigenvalue weighted by Crippen LogP contribution is 2.30. The molecule has 1 aromatic carbocycles. The first kappa shape index (κ1) is 16.4. The molecule has 2 heterocycles. The molecule has 126 valence electrons. The maximum atomic E-state index is 11.2. The van der Waals surface area contributed by atoms with Gasteiger partial charge in [-0.05, 0) is 29.8 Å². The van der Waals surface area contributed by atoms with Gasteiger partial charge in [-0.15, -0.1) is 0 Å². The smallest absolute Gasteiger partial charge is 0.187 e. The van der Waals surface area contributed by atoms with Crippen LogP contribution in [0.3, 0.4) is 0 Å². The number of carbonyl (C=O) groups excluding carboxylic acids is 1. The second-order valence-corrected chi connectivity index (χ2v) is 5.99. The Hall–Kier alpha value is -2.44. The highest BCUT2D eigenvalue weighted by molar-refractivity contribution is 5.77. The van der Waals surface area contributed by atoms with Crippen molar-refractivity contribution in [2.75, 3.05) is 37.0 Å². The lowest BCUT2D eigenvalue weighted by atomic mass is 10.1. The van der Waals surface area contributed by atoms with Crippen LogP contribution in [0.25, 0.3) is 11.1 Å². The Kier molecular flexibility index (Phi) is 4.78. The van der Waals surface area contributed by atoms with Crippen molar-refractivity contribution in [3.8, 4) is 11.1 Å². The quantitative estimate of drug-likeness (QED) is 0.840. The minimum Gasteiger partial charge on any atom is -0.362 e. The summed E-state index contributed by atoms with van der Waals surface area (Å²) >= 11 is 0. The summed E-state index contributed by atoms with van der Waals surface area (Å²) in [6, 6.07) is 12.1. The standard InChI is InChI=1S/C18H22N4O2/c1-21(2)18-16(4-3-9-20-18)13-5-7-14(8-6-13)22-11-15(10-19)24-17(22)12-23/h3-9,12,15,17H,10-11,19H2,1-2H3. The summed E-state index contributed by atoms with van der Waals surface area (Å²) in [6.07, 6.45) is 1.92. The fraction of sp³-hybridized carbons (Fsp3) is 0.333. The molecule has 24 heavy (non-hydrogen) atoms. The van der Waals surface area contributed by atoms with Crippen molar-refractivity contribution >= 4 is 17.8 Å². The fourth-order valence-electron chi connectivity index (χ4n) is 2.94. The lowest BCUT2D eigenvalue weighted by Gasteiger charge is -2.21. The van der Waals surface area contributed by atoms with Crippen molar-refractivity contribution in [2.45, 2.75) is 12.3 Å². The molecule has 6 heteroatoms. The van der Waals surface area contributed by atoms with E-state index in [4.69, 9.17) is 10.5 Å². The van der Waals surface area contributed by atoms with Crippen LogP contribution in [0.5, 0.6) is 0 Å². The third-order valence-electron chi connectivity index (χ3n) is 4.14. The van der Waals surface area contributed by atoms with Crippen molar-refractivity contribution in [3.05, 3.63) is 42.6 Å². The second kappa shape index (κ2) is 6.98. The van der Waals surface area contributed by atoms with Gasteiger partial charge in [0, 0.05) is 44.6 Å². The molecule has 1 saturated heterocycles. The number of ether oxygens (including phenoxy) is 1. The van der Waals surface area contributed by atoms with Crippen LogP contribution in [0.1, 0.15) is 0 Å². The Labute approximate surface area is 141 Å². The molecule has 0 bridgehead atoms. The third-order valence-corrected chi connectivity index (χ3v) is 4.14. The first-order chi connectivity index (χ1) is 11.6. The van der Waals surface area contributed by atoms with E-state index in [0.717, 1.165) is 28.9 Å². The zero-order valence-corrected chi connectivity index (χ0v) is 13.9. The summed E-state index contributed by atoms with van der Waals surface area (Å²) in [5, 5.41) is 0. The van der Waals surface area contributed by atoms with Crippen LogP contribution in [-0.4, -0.2) is 50.8 Å². The summed E-state index contributed by atoms with van der Waals surface area (Å²) in [5.74, 6) is 0.920. The molecule has 2 atom stereocenters. The van der Waals surface area contributed by atoms with Crippen molar-refractivity contribution in [2.24, 2.45) is 5.73 Å². The van der Waals surface area contributed by atoms with E-state index in [0.29, 0.717) is 13.1 Å². The minimum atomic E-state index is -0.569. The molecule has 1 aliphatic rings. The van der Waals surface area contributed by atoms with Gasteiger partial charge < -0.3 is 20.3 Å². The number of nitrogens with two attached hydrogens (primary N) is 1. The van der Waals surface area contributed by atoms with Crippen molar-refractivity contribution < 1.29 is 9.53 Å². The SMILES string of the molecule is CN(C)c1ncccc1-c1ccc(N2CC(CN)OC2C=O)cc1. The van der Waals surface area contributed by atoms with Gasteiger partial charge in [-0.2, -0.15) is 0 Å². The molecular weight excluding hydrogens is 304 g/mol. The maximum absolute atomic E-state index is 11.2. The minimum absolute atomic E-state index is 0.112. The predicted molar refractivity (Wildman–Crippen MR) is 95.1 cm³/mol. The molecule has 0 amide bonds. The number of nitrogens with zero attached hydrogens (tertiary/aromatic N) is 3. The summed E-state index contributed by atoms with van der Waals surface area (Å²) in [6.45, 7) is 1.02. The van der Waals surface area contributed by atoms with Gasteiger partial charge in [0.15, 0.2) is 12.5 Å². The number of hydrogen-bond donors (Lipinski definition) is 1. The summed E-state index contributed by atoms with van der Waals surface area (Å²) in [4.78, 5) is 19.6. The fourth-order valence-corrected chi connectivity index (χ4v) is 2.94. The van der Waals surface area contributed by atoms with Crippen molar-refractivity contribution in [3.63, 3.8) is 0 Å². The Morgan fingerprint density at radius 2 is 2.08 bits per heavy atom. The Morgan fingerprint density at radius 1 is 1.33 bits per heavy atom. The van der Waals surface area contributed by atoms with Gasteiger partial charge in [-0.25, -0.2) is 4.98 Å². The average molecular weight is 326 g/mol. The Bertz CT molecular complexity index is 702.